The summed E-state index contributed by atoms with van der Waals surface area (Å²) in [6.45, 7) is 0.571. The first-order valence-electron chi connectivity index (χ1n) is 1.21. The standard InChI is InChI=1S/C2H4BrClO/c3-5-2-1-4/h1-2H2. The number of hydrogen-bond acceptors (Lipinski definition) is 1. The molecule has 0 aromatic heterocycles. The quantitative estimate of drug-likeness (QED) is 0.556. The van der Waals surface area contributed by atoms with Crippen molar-refractivity contribution in [2.45, 2.75) is 0 Å². The first kappa shape index (κ1) is 5.73. The lowest BCUT2D eigenvalue weighted by atomic mass is 10.9. The molecule has 0 unspecified atom stereocenters. The van der Waals surface area contributed by atoms with E-state index in [1.165, 1.54) is 0 Å². The third kappa shape index (κ3) is 4.73. The summed E-state index contributed by atoms with van der Waals surface area (Å²) < 4.78 is 4.37. The van der Waals surface area contributed by atoms with Gasteiger partial charge in [0.25, 0.3) is 0 Å². The maximum absolute atomic E-state index is 5.15. The van der Waals surface area contributed by atoms with E-state index in [4.69, 9.17) is 11.6 Å². The summed E-state index contributed by atoms with van der Waals surface area (Å²) in [7, 11) is 0. The molecule has 0 rings (SSSR count). The fourth-order valence-corrected chi connectivity index (χ4v) is 0.455. The van der Waals surface area contributed by atoms with Gasteiger partial charge in [-0.2, -0.15) is 0 Å². The van der Waals surface area contributed by atoms with E-state index < -0.39 is 0 Å². The molecule has 1 nitrogen and oxygen atoms in total. The lowest BCUT2D eigenvalue weighted by Gasteiger charge is -1.79. The van der Waals surface area contributed by atoms with Gasteiger partial charge in [-0.25, -0.2) is 0 Å². The van der Waals surface area contributed by atoms with Gasteiger partial charge in [-0.05, 0) is 0 Å². The minimum Gasteiger partial charge on any atom is -0.307 e. The highest BCUT2D eigenvalue weighted by atomic mass is 79.9. The van der Waals surface area contributed by atoms with Crippen LogP contribution in [-0.4, -0.2) is 12.5 Å². The van der Waals surface area contributed by atoms with Crippen LogP contribution in [0.3, 0.4) is 0 Å². The van der Waals surface area contributed by atoms with Gasteiger partial charge in [0.15, 0.2) is 0 Å². The van der Waals surface area contributed by atoms with Gasteiger partial charge >= 0.3 is 0 Å². The molecule has 0 fully saturated rings. The van der Waals surface area contributed by atoms with Crippen molar-refractivity contribution >= 4 is 27.9 Å². The van der Waals surface area contributed by atoms with Crippen molar-refractivity contribution in [1.82, 2.24) is 0 Å². The zero-order chi connectivity index (χ0) is 4.12. The van der Waals surface area contributed by atoms with E-state index in [-0.39, 0.29) is 0 Å². The van der Waals surface area contributed by atoms with E-state index in [1.54, 1.807) is 0 Å². The summed E-state index contributed by atoms with van der Waals surface area (Å²) in [5.41, 5.74) is 0. The average molecular weight is 159 g/mol. The van der Waals surface area contributed by atoms with Gasteiger partial charge < -0.3 is 3.83 Å². The van der Waals surface area contributed by atoms with Crippen molar-refractivity contribution in [1.29, 1.82) is 0 Å². The van der Waals surface area contributed by atoms with Crippen LogP contribution in [-0.2, 0) is 3.83 Å². The zero-order valence-corrected chi connectivity index (χ0v) is 4.92. The topological polar surface area (TPSA) is 9.23 Å². The van der Waals surface area contributed by atoms with Crippen LogP contribution in [0.4, 0.5) is 0 Å². The van der Waals surface area contributed by atoms with Crippen LogP contribution in [0.1, 0.15) is 0 Å². The zero-order valence-electron chi connectivity index (χ0n) is 2.58. The van der Waals surface area contributed by atoms with Gasteiger partial charge in [-0.3, -0.25) is 0 Å². The molecule has 0 aliphatic rings. The molecule has 0 radical (unpaired) electrons. The lowest BCUT2D eigenvalue weighted by Crippen LogP contribution is -1.79. The molecular formula is C2H4BrClO. The third-order valence-electron chi connectivity index (χ3n) is 0.154. The molecule has 0 spiro atoms. The molecule has 0 saturated heterocycles. The van der Waals surface area contributed by atoms with Crippen molar-refractivity contribution in [2.24, 2.45) is 0 Å². The number of hydrogen-bond donors (Lipinski definition) is 0. The molecule has 0 aromatic rings. The minimum absolute atomic E-state index is 0.547. The fraction of sp³-hybridized carbons (Fsp3) is 1.00. The predicted molar refractivity (Wildman–Crippen MR) is 25.6 cm³/mol. The summed E-state index contributed by atoms with van der Waals surface area (Å²) in [5, 5.41) is 0. The van der Waals surface area contributed by atoms with Crippen LogP contribution < -0.4 is 0 Å². The number of alkyl halides is 1. The molecule has 0 amide bonds. The van der Waals surface area contributed by atoms with E-state index in [0.29, 0.717) is 12.5 Å². The Morgan fingerprint density at radius 2 is 2.40 bits per heavy atom. The van der Waals surface area contributed by atoms with E-state index in [9.17, 15) is 0 Å². The van der Waals surface area contributed by atoms with E-state index in [2.05, 4.69) is 20.1 Å². The Balaban J connectivity index is 2.19. The minimum atomic E-state index is 0.547. The second kappa shape index (κ2) is 4.73. The predicted octanol–water partition coefficient (Wildman–Crippen LogP) is 1.55. The van der Waals surface area contributed by atoms with Crippen molar-refractivity contribution in [3.05, 3.63) is 0 Å². The lowest BCUT2D eigenvalue weighted by molar-refractivity contribution is 0.429. The summed E-state index contributed by atoms with van der Waals surface area (Å²) >= 11 is 7.87. The Morgan fingerprint density at radius 3 is 2.40 bits per heavy atom. The van der Waals surface area contributed by atoms with Crippen molar-refractivity contribution in [3.63, 3.8) is 0 Å². The first-order chi connectivity index (χ1) is 2.41. The van der Waals surface area contributed by atoms with Crippen LogP contribution in [0.5, 0.6) is 0 Å². The smallest absolute Gasteiger partial charge is 0.0988 e. The Morgan fingerprint density at radius 1 is 1.80 bits per heavy atom. The Bertz CT molecular complexity index is 17.1. The maximum atomic E-state index is 5.15. The molecule has 5 heavy (non-hydrogen) atoms. The van der Waals surface area contributed by atoms with Gasteiger partial charge in [0.05, 0.1) is 22.9 Å². The second-order valence-electron chi connectivity index (χ2n) is 0.502. The van der Waals surface area contributed by atoms with Gasteiger partial charge in [0, 0.05) is 5.88 Å². The van der Waals surface area contributed by atoms with Crippen molar-refractivity contribution in [3.8, 4) is 0 Å². The van der Waals surface area contributed by atoms with E-state index in [1.807, 2.05) is 0 Å². The highest BCUT2D eigenvalue weighted by Gasteiger charge is 1.70. The fourth-order valence-electron chi connectivity index (χ4n) is 0.0292. The maximum Gasteiger partial charge on any atom is 0.0988 e. The monoisotopic (exact) mass is 158 g/mol. The summed E-state index contributed by atoms with van der Waals surface area (Å²) in [6, 6.07) is 0. The van der Waals surface area contributed by atoms with Crippen LogP contribution in [0.2, 0.25) is 0 Å². The highest BCUT2D eigenvalue weighted by molar-refractivity contribution is 9.06. The van der Waals surface area contributed by atoms with Gasteiger partial charge in [-0.15, -0.1) is 11.6 Å². The second-order valence-corrected chi connectivity index (χ2v) is 1.34. The molecule has 32 valence electrons. The summed E-state index contributed by atoms with van der Waals surface area (Å²) in [5.74, 6) is 0.547. The SMILES string of the molecule is ClCCOBr. The average Bonchev–Trinajstić information content (AvgIpc) is 1.41. The molecule has 0 aliphatic carbocycles. The number of halogens is 2. The molecule has 0 atom stereocenters. The van der Waals surface area contributed by atoms with Crippen LogP contribution >= 0.6 is 27.9 Å². The summed E-state index contributed by atoms with van der Waals surface area (Å²) in [6.07, 6.45) is 0. The van der Waals surface area contributed by atoms with Gasteiger partial charge in [-0.1, -0.05) is 0 Å². The molecule has 0 aliphatic heterocycles. The number of rotatable bonds is 2. The van der Waals surface area contributed by atoms with Gasteiger partial charge in [0.2, 0.25) is 0 Å². The van der Waals surface area contributed by atoms with Crippen LogP contribution in [0, 0.1) is 0 Å². The third-order valence-corrected chi connectivity index (χ3v) is 0.632. The molecule has 3 heteroatoms. The molecule has 0 N–H and O–H groups in total. The van der Waals surface area contributed by atoms with Gasteiger partial charge in [0.1, 0.15) is 0 Å². The van der Waals surface area contributed by atoms with Crippen LogP contribution in [0.25, 0.3) is 0 Å². The van der Waals surface area contributed by atoms with E-state index >= 15 is 0 Å². The molecule has 0 bridgehead atoms. The van der Waals surface area contributed by atoms with Crippen molar-refractivity contribution < 1.29 is 3.83 Å². The Kier molecular flexibility index (Phi) is 5.42. The molecule has 0 aromatic carbocycles. The molecule has 0 heterocycles. The van der Waals surface area contributed by atoms with Crippen molar-refractivity contribution in [2.75, 3.05) is 12.5 Å². The van der Waals surface area contributed by atoms with E-state index in [0.717, 1.165) is 0 Å². The largest absolute Gasteiger partial charge is 0.307 e. The molecular weight excluding hydrogens is 155 g/mol. The highest BCUT2D eigenvalue weighted by Crippen LogP contribution is 1.83. The Hall–Kier alpha value is 0.730. The molecule has 0 saturated carbocycles. The summed E-state index contributed by atoms with van der Waals surface area (Å²) in [4.78, 5) is 0. The van der Waals surface area contributed by atoms with Crippen LogP contribution in [0.15, 0.2) is 0 Å². The Labute approximate surface area is 44.7 Å². The first-order valence-corrected chi connectivity index (χ1v) is 2.39. The normalized spacial score (nSPS) is 8.40.